The van der Waals surface area contributed by atoms with Crippen LogP contribution in [0.4, 0.5) is 0 Å². The molecule has 0 aromatic heterocycles. The van der Waals surface area contributed by atoms with Gasteiger partial charge < -0.3 is 14.4 Å². The highest BCUT2D eigenvalue weighted by molar-refractivity contribution is 6.32. The lowest BCUT2D eigenvalue weighted by Gasteiger charge is -2.32. The van der Waals surface area contributed by atoms with Crippen molar-refractivity contribution < 1.29 is 14.3 Å². The Morgan fingerprint density at radius 2 is 2.05 bits per heavy atom. The highest BCUT2D eigenvalue weighted by Gasteiger charge is 2.24. The molecule has 1 aliphatic heterocycles. The van der Waals surface area contributed by atoms with Crippen LogP contribution in [0.5, 0.6) is 5.75 Å². The van der Waals surface area contributed by atoms with E-state index in [4.69, 9.17) is 21.1 Å². The molecule has 1 aromatic rings. The summed E-state index contributed by atoms with van der Waals surface area (Å²) in [6.07, 6.45) is 1.76. The summed E-state index contributed by atoms with van der Waals surface area (Å²) in [4.78, 5) is 13.7. The molecule has 0 aliphatic carbocycles. The molecule has 0 spiro atoms. The SMILES string of the molecule is CCOCC(=O)N1CCC(Oc2ccccc2Cl)CC1. The number of amides is 1. The molecule has 0 bridgehead atoms. The van der Waals surface area contributed by atoms with Crippen molar-refractivity contribution >= 4 is 17.5 Å². The number of ether oxygens (including phenoxy) is 2. The van der Waals surface area contributed by atoms with Crippen molar-refractivity contribution in [2.75, 3.05) is 26.3 Å². The number of hydrogen-bond acceptors (Lipinski definition) is 3. The number of nitrogens with zero attached hydrogens (tertiary/aromatic N) is 1. The molecule has 1 aliphatic rings. The van der Waals surface area contributed by atoms with Crippen LogP contribution in [-0.4, -0.2) is 43.2 Å². The summed E-state index contributed by atoms with van der Waals surface area (Å²) < 4.78 is 11.0. The van der Waals surface area contributed by atoms with Gasteiger partial charge in [0, 0.05) is 32.5 Å². The number of carbonyl (C=O) groups excluding carboxylic acids is 1. The van der Waals surface area contributed by atoms with Gasteiger partial charge in [0.05, 0.1) is 5.02 Å². The summed E-state index contributed by atoms with van der Waals surface area (Å²) in [5.74, 6) is 0.774. The number of hydrogen-bond donors (Lipinski definition) is 0. The number of rotatable bonds is 5. The van der Waals surface area contributed by atoms with Crippen molar-refractivity contribution in [3.63, 3.8) is 0 Å². The molecule has 0 radical (unpaired) electrons. The van der Waals surface area contributed by atoms with E-state index in [-0.39, 0.29) is 18.6 Å². The average Bonchev–Trinajstić information content (AvgIpc) is 2.48. The summed E-state index contributed by atoms with van der Waals surface area (Å²) in [5.41, 5.74) is 0. The monoisotopic (exact) mass is 297 g/mol. The van der Waals surface area contributed by atoms with E-state index >= 15 is 0 Å². The van der Waals surface area contributed by atoms with Crippen LogP contribution in [0.2, 0.25) is 5.02 Å². The number of halogens is 1. The summed E-state index contributed by atoms with van der Waals surface area (Å²) in [6, 6.07) is 7.47. The van der Waals surface area contributed by atoms with Gasteiger partial charge in [-0.25, -0.2) is 0 Å². The molecule has 1 fully saturated rings. The van der Waals surface area contributed by atoms with Crippen molar-refractivity contribution in [3.8, 4) is 5.75 Å². The standard InChI is InChI=1S/C15H20ClNO3/c1-2-19-11-15(18)17-9-7-12(8-10-17)20-14-6-4-3-5-13(14)16/h3-6,12H,2,7-11H2,1H3. The predicted octanol–water partition coefficient (Wildman–Crippen LogP) is 2.75. The first kappa shape index (κ1) is 15.1. The molecule has 20 heavy (non-hydrogen) atoms. The Labute approximate surface area is 124 Å². The molecule has 0 N–H and O–H groups in total. The minimum atomic E-state index is 0.0584. The van der Waals surface area contributed by atoms with Crippen LogP contribution in [0, 0.1) is 0 Å². The minimum absolute atomic E-state index is 0.0584. The first-order valence-electron chi connectivity index (χ1n) is 6.97. The molecular weight excluding hydrogens is 278 g/mol. The molecule has 0 unspecified atom stereocenters. The zero-order valence-corrected chi connectivity index (χ0v) is 12.4. The van der Waals surface area contributed by atoms with Crippen molar-refractivity contribution in [1.82, 2.24) is 4.90 Å². The first-order chi connectivity index (χ1) is 9.70. The van der Waals surface area contributed by atoms with Gasteiger partial charge in [0.15, 0.2) is 0 Å². The fraction of sp³-hybridized carbons (Fsp3) is 0.533. The quantitative estimate of drug-likeness (QED) is 0.839. The van der Waals surface area contributed by atoms with E-state index in [2.05, 4.69) is 0 Å². The molecule has 0 atom stereocenters. The lowest BCUT2D eigenvalue weighted by molar-refractivity contribution is -0.137. The van der Waals surface area contributed by atoms with E-state index in [0.717, 1.165) is 12.8 Å². The highest BCUT2D eigenvalue weighted by atomic mass is 35.5. The maximum absolute atomic E-state index is 11.8. The molecule has 5 heteroatoms. The van der Waals surface area contributed by atoms with Crippen molar-refractivity contribution in [1.29, 1.82) is 0 Å². The van der Waals surface area contributed by atoms with Crippen molar-refractivity contribution in [2.45, 2.75) is 25.9 Å². The molecule has 1 amide bonds. The molecule has 0 saturated carbocycles. The third-order valence-electron chi connectivity index (χ3n) is 3.35. The Kier molecular flexibility index (Phi) is 5.68. The van der Waals surface area contributed by atoms with Gasteiger partial charge in [-0.3, -0.25) is 4.79 Å². The lowest BCUT2D eigenvalue weighted by Crippen LogP contribution is -2.43. The second-order valence-electron chi connectivity index (χ2n) is 4.77. The molecule has 1 aromatic carbocycles. The van der Waals surface area contributed by atoms with Gasteiger partial charge in [-0.1, -0.05) is 23.7 Å². The number of likely N-dealkylation sites (tertiary alicyclic amines) is 1. The molecule has 2 rings (SSSR count). The third kappa shape index (κ3) is 4.12. The van der Waals surface area contributed by atoms with Gasteiger partial charge in [0.2, 0.25) is 5.91 Å². The Morgan fingerprint density at radius 1 is 1.35 bits per heavy atom. The van der Waals surface area contributed by atoms with Crippen molar-refractivity contribution in [2.24, 2.45) is 0 Å². The summed E-state index contributed by atoms with van der Waals surface area (Å²) in [7, 11) is 0. The zero-order valence-electron chi connectivity index (χ0n) is 11.7. The van der Waals surface area contributed by atoms with Crippen LogP contribution < -0.4 is 4.74 Å². The van der Waals surface area contributed by atoms with E-state index in [1.165, 1.54) is 0 Å². The van der Waals surface area contributed by atoms with Gasteiger partial charge in [0.25, 0.3) is 0 Å². The van der Waals surface area contributed by atoms with E-state index in [1.54, 1.807) is 0 Å². The Hall–Kier alpha value is -1.26. The predicted molar refractivity (Wildman–Crippen MR) is 78.2 cm³/mol. The molecule has 110 valence electrons. The largest absolute Gasteiger partial charge is 0.489 e. The maximum atomic E-state index is 11.8. The van der Waals surface area contributed by atoms with Crippen LogP contribution in [0.15, 0.2) is 24.3 Å². The highest BCUT2D eigenvalue weighted by Crippen LogP contribution is 2.26. The van der Waals surface area contributed by atoms with Crippen molar-refractivity contribution in [3.05, 3.63) is 29.3 Å². The number of benzene rings is 1. The number of carbonyl (C=O) groups is 1. The van der Waals surface area contributed by atoms with Crippen LogP contribution in [0.25, 0.3) is 0 Å². The topological polar surface area (TPSA) is 38.8 Å². The lowest BCUT2D eigenvalue weighted by atomic mass is 10.1. The van der Waals surface area contributed by atoms with Gasteiger partial charge >= 0.3 is 0 Å². The Balaban J connectivity index is 1.80. The minimum Gasteiger partial charge on any atom is -0.489 e. The third-order valence-corrected chi connectivity index (χ3v) is 3.67. The Bertz CT molecular complexity index is 444. The fourth-order valence-corrected chi connectivity index (χ4v) is 2.40. The number of para-hydroxylation sites is 1. The van der Waals surface area contributed by atoms with Crippen LogP contribution in [0.1, 0.15) is 19.8 Å². The maximum Gasteiger partial charge on any atom is 0.248 e. The van der Waals surface area contributed by atoms with Gasteiger partial charge in [-0.05, 0) is 19.1 Å². The Morgan fingerprint density at radius 3 is 2.70 bits per heavy atom. The molecule has 1 saturated heterocycles. The van der Waals surface area contributed by atoms with E-state index in [0.29, 0.717) is 30.5 Å². The normalized spacial score (nSPS) is 16.2. The summed E-state index contributed by atoms with van der Waals surface area (Å²) >= 11 is 6.07. The van der Waals surface area contributed by atoms with Crippen LogP contribution in [0.3, 0.4) is 0 Å². The van der Waals surface area contributed by atoms with Crippen LogP contribution in [-0.2, 0) is 9.53 Å². The molecule has 1 heterocycles. The summed E-state index contributed by atoms with van der Waals surface area (Å²) in [5, 5.41) is 0.627. The van der Waals surface area contributed by atoms with Gasteiger partial charge in [-0.2, -0.15) is 0 Å². The van der Waals surface area contributed by atoms with E-state index in [1.807, 2.05) is 36.1 Å². The fourth-order valence-electron chi connectivity index (χ4n) is 2.22. The van der Waals surface area contributed by atoms with Gasteiger partial charge in [-0.15, -0.1) is 0 Å². The average molecular weight is 298 g/mol. The first-order valence-corrected chi connectivity index (χ1v) is 7.35. The second-order valence-corrected chi connectivity index (χ2v) is 5.17. The summed E-state index contributed by atoms with van der Waals surface area (Å²) in [6.45, 7) is 4.05. The molecular formula is C15H20ClNO3. The van der Waals surface area contributed by atoms with E-state index < -0.39 is 0 Å². The van der Waals surface area contributed by atoms with Gasteiger partial charge in [0.1, 0.15) is 18.5 Å². The molecule has 4 nitrogen and oxygen atoms in total. The van der Waals surface area contributed by atoms with E-state index in [9.17, 15) is 4.79 Å². The zero-order chi connectivity index (χ0) is 14.4. The van der Waals surface area contributed by atoms with Crippen LogP contribution >= 0.6 is 11.6 Å². The second kappa shape index (κ2) is 7.50. The smallest absolute Gasteiger partial charge is 0.248 e. The number of piperidine rings is 1.